The number of aryl methyl sites for hydroxylation is 1. The molecule has 2 unspecified atom stereocenters. The van der Waals surface area contributed by atoms with Gasteiger partial charge >= 0.3 is 0 Å². The molecule has 2 atom stereocenters. The maximum atomic E-state index is 5.85. The van der Waals surface area contributed by atoms with Crippen molar-refractivity contribution < 1.29 is 4.74 Å². The van der Waals surface area contributed by atoms with Crippen LogP contribution in [-0.2, 0) is 11.8 Å². The van der Waals surface area contributed by atoms with E-state index >= 15 is 0 Å². The van der Waals surface area contributed by atoms with Gasteiger partial charge < -0.3 is 10.1 Å². The monoisotopic (exact) mass is 251 g/mol. The fourth-order valence-corrected chi connectivity index (χ4v) is 2.53. The molecule has 1 aromatic heterocycles. The van der Waals surface area contributed by atoms with E-state index in [4.69, 9.17) is 4.74 Å². The lowest BCUT2D eigenvalue weighted by Gasteiger charge is -2.27. The third kappa shape index (κ3) is 3.82. The van der Waals surface area contributed by atoms with Gasteiger partial charge in [-0.25, -0.2) is 0 Å². The lowest BCUT2D eigenvalue weighted by atomic mass is 9.98. The van der Waals surface area contributed by atoms with Crippen molar-refractivity contribution in [2.75, 3.05) is 13.2 Å². The average Bonchev–Trinajstić information content (AvgIpc) is 2.82. The summed E-state index contributed by atoms with van der Waals surface area (Å²) in [6.45, 7) is 4.18. The van der Waals surface area contributed by atoms with Gasteiger partial charge in [-0.05, 0) is 38.6 Å². The van der Waals surface area contributed by atoms with E-state index in [0.717, 1.165) is 26.0 Å². The Morgan fingerprint density at radius 2 is 2.44 bits per heavy atom. The number of nitrogens with zero attached hydrogens (tertiary/aromatic N) is 2. The Balaban J connectivity index is 1.95. The van der Waals surface area contributed by atoms with Crippen molar-refractivity contribution in [3.63, 3.8) is 0 Å². The van der Waals surface area contributed by atoms with Gasteiger partial charge in [0.25, 0.3) is 0 Å². The molecule has 0 aliphatic carbocycles. The third-order valence-electron chi connectivity index (χ3n) is 3.54. The van der Waals surface area contributed by atoms with Crippen LogP contribution < -0.4 is 5.32 Å². The standard InChI is InChI=1S/C14H25N3O/c1-3-7-15-14(12-10-16-17(2)11-12)9-13-6-4-5-8-18-13/h10-11,13-15H,3-9H2,1-2H3. The number of rotatable bonds is 6. The molecular formula is C14H25N3O. The zero-order chi connectivity index (χ0) is 12.8. The van der Waals surface area contributed by atoms with Crippen LogP contribution in [0.25, 0.3) is 0 Å². The van der Waals surface area contributed by atoms with Gasteiger partial charge in [-0.15, -0.1) is 0 Å². The molecule has 0 radical (unpaired) electrons. The Labute approximate surface area is 110 Å². The van der Waals surface area contributed by atoms with E-state index in [9.17, 15) is 0 Å². The molecule has 102 valence electrons. The Morgan fingerprint density at radius 1 is 1.56 bits per heavy atom. The largest absolute Gasteiger partial charge is 0.378 e. The molecule has 1 aromatic rings. The number of ether oxygens (including phenoxy) is 1. The van der Waals surface area contributed by atoms with Gasteiger partial charge in [0.05, 0.1) is 12.3 Å². The lowest BCUT2D eigenvalue weighted by Crippen LogP contribution is -2.29. The first-order chi connectivity index (χ1) is 8.79. The van der Waals surface area contributed by atoms with E-state index in [1.54, 1.807) is 0 Å². The minimum absolute atomic E-state index is 0.377. The van der Waals surface area contributed by atoms with Crippen LogP contribution in [0.1, 0.15) is 50.6 Å². The minimum Gasteiger partial charge on any atom is -0.378 e. The lowest BCUT2D eigenvalue weighted by molar-refractivity contribution is 0.00504. The predicted octanol–water partition coefficient (Wildman–Crippen LogP) is 2.42. The zero-order valence-corrected chi connectivity index (χ0v) is 11.6. The Kier molecular flexibility index (Phi) is 5.20. The van der Waals surface area contributed by atoms with Gasteiger partial charge in [-0.3, -0.25) is 4.68 Å². The second-order valence-electron chi connectivity index (χ2n) is 5.18. The third-order valence-corrected chi connectivity index (χ3v) is 3.54. The molecule has 0 aromatic carbocycles. The number of hydrogen-bond donors (Lipinski definition) is 1. The van der Waals surface area contributed by atoms with Crippen LogP contribution in [0.4, 0.5) is 0 Å². The van der Waals surface area contributed by atoms with Crippen LogP contribution >= 0.6 is 0 Å². The highest BCUT2D eigenvalue weighted by Crippen LogP contribution is 2.24. The zero-order valence-electron chi connectivity index (χ0n) is 11.6. The van der Waals surface area contributed by atoms with Crippen LogP contribution in [0, 0.1) is 0 Å². The van der Waals surface area contributed by atoms with Crippen LogP contribution in [-0.4, -0.2) is 29.0 Å². The van der Waals surface area contributed by atoms with Crippen molar-refractivity contribution in [2.24, 2.45) is 7.05 Å². The molecule has 2 heterocycles. The molecule has 2 rings (SSSR count). The summed E-state index contributed by atoms with van der Waals surface area (Å²) in [5.41, 5.74) is 1.28. The summed E-state index contributed by atoms with van der Waals surface area (Å²) in [4.78, 5) is 0. The van der Waals surface area contributed by atoms with Crippen LogP contribution in [0.2, 0.25) is 0 Å². The molecule has 18 heavy (non-hydrogen) atoms. The SMILES string of the molecule is CCCNC(CC1CCCCO1)c1cnn(C)c1. The topological polar surface area (TPSA) is 39.1 Å². The maximum absolute atomic E-state index is 5.85. The van der Waals surface area contributed by atoms with E-state index in [1.807, 2.05) is 17.9 Å². The van der Waals surface area contributed by atoms with Crippen molar-refractivity contribution >= 4 is 0 Å². The Hall–Kier alpha value is -0.870. The van der Waals surface area contributed by atoms with E-state index in [1.165, 1.54) is 24.8 Å². The van der Waals surface area contributed by atoms with E-state index in [-0.39, 0.29) is 0 Å². The normalized spacial score (nSPS) is 22.0. The van der Waals surface area contributed by atoms with Gasteiger partial charge in [0, 0.05) is 31.5 Å². The van der Waals surface area contributed by atoms with Crippen LogP contribution in [0.3, 0.4) is 0 Å². The van der Waals surface area contributed by atoms with Gasteiger partial charge in [0.2, 0.25) is 0 Å². The highest BCUT2D eigenvalue weighted by molar-refractivity contribution is 5.10. The van der Waals surface area contributed by atoms with Gasteiger partial charge in [-0.1, -0.05) is 6.92 Å². The van der Waals surface area contributed by atoms with Crippen molar-refractivity contribution in [1.29, 1.82) is 0 Å². The van der Waals surface area contributed by atoms with E-state index < -0.39 is 0 Å². The molecule has 0 bridgehead atoms. The van der Waals surface area contributed by atoms with Gasteiger partial charge in [0.15, 0.2) is 0 Å². The summed E-state index contributed by atoms with van der Waals surface area (Å²) < 4.78 is 7.72. The molecule has 0 saturated carbocycles. The summed E-state index contributed by atoms with van der Waals surface area (Å²) >= 11 is 0. The highest BCUT2D eigenvalue weighted by atomic mass is 16.5. The van der Waals surface area contributed by atoms with Gasteiger partial charge in [-0.2, -0.15) is 5.10 Å². The molecule has 1 saturated heterocycles. The predicted molar refractivity (Wildman–Crippen MR) is 72.5 cm³/mol. The molecule has 1 N–H and O–H groups in total. The Bertz CT molecular complexity index is 345. The van der Waals surface area contributed by atoms with E-state index in [2.05, 4.69) is 23.5 Å². The minimum atomic E-state index is 0.377. The highest BCUT2D eigenvalue weighted by Gasteiger charge is 2.21. The number of aromatic nitrogens is 2. The quantitative estimate of drug-likeness (QED) is 0.844. The summed E-state index contributed by atoms with van der Waals surface area (Å²) in [7, 11) is 1.97. The second kappa shape index (κ2) is 6.90. The van der Waals surface area contributed by atoms with Gasteiger partial charge in [0.1, 0.15) is 0 Å². The van der Waals surface area contributed by atoms with Crippen molar-refractivity contribution in [3.05, 3.63) is 18.0 Å². The Morgan fingerprint density at radius 3 is 3.06 bits per heavy atom. The average molecular weight is 251 g/mol. The smallest absolute Gasteiger partial charge is 0.0593 e. The molecule has 0 spiro atoms. The fourth-order valence-electron chi connectivity index (χ4n) is 2.53. The second-order valence-corrected chi connectivity index (χ2v) is 5.18. The molecule has 1 aliphatic heterocycles. The molecular weight excluding hydrogens is 226 g/mol. The molecule has 4 nitrogen and oxygen atoms in total. The molecule has 0 amide bonds. The first kappa shape index (κ1) is 13.6. The molecule has 1 aliphatic rings. The van der Waals surface area contributed by atoms with Crippen LogP contribution in [0.5, 0.6) is 0 Å². The molecule has 4 heteroatoms. The van der Waals surface area contributed by atoms with Crippen molar-refractivity contribution in [2.45, 2.75) is 51.2 Å². The summed E-state index contributed by atoms with van der Waals surface area (Å²) in [5.74, 6) is 0. The summed E-state index contributed by atoms with van der Waals surface area (Å²) in [6, 6.07) is 0.377. The van der Waals surface area contributed by atoms with Crippen LogP contribution in [0.15, 0.2) is 12.4 Å². The van der Waals surface area contributed by atoms with Crippen molar-refractivity contribution in [1.82, 2.24) is 15.1 Å². The molecule has 1 fully saturated rings. The number of nitrogens with one attached hydrogen (secondary N) is 1. The van der Waals surface area contributed by atoms with Crippen molar-refractivity contribution in [3.8, 4) is 0 Å². The summed E-state index contributed by atoms with van der Waals surface area (Å²) in [6.07, 6.45) is 10.4. The fraction of sp³-hybridized carbons (Fsp3) is 0.786. The first-order valence-corrected chi connectivity index (χ1v) is 7.13. The van der Waals surface area contributed by atoms with E-state index in [0.29, 0.717) is 12.1 Å². The number of hydrogen-bond acceptors (Lipinski definition) is 3. The maximum Gasteiger partial charge on any atom is 0.0593 e. The summed E-state index contributed by atoms with van der Waals surface area (Å²) in [5, 5.41) is 7.89. The first-order valence-electron chi connectivity index (χ1n) is 7.13.